The average molecular weight is 553 g/mol. The maximum Gasteiger partial charge on any atom is 0.276 e. The SMILES string of the molecule is Cc1ccc(S(=O)(=O)N/N=C(/c2ccc(Cl)cc2)[C@@H]2[C@H](c3ccc([N+](=O)[O-])cc3)N2C2CCCCC2)cc1. The van der Waals surface area contributed by atoms with Crippen molar-refractivity contribution in [3.05, 3.63) is 105 Å². The van der Waals surface area contributed by atoms with Gasteiger partial charge in [-0.05, 0) is 55.2 Å². The molecule has 8 nitrogen and oxygen atoms in total. The molecule has 1 aliphatic carbocycles. The molecular formula is C28H29ClN4O4S. The number of benzene rings is 3. The van der Waals surface area contributed by atoms with E-state index in [2.05, 4.69) is 14.8 Å². The highest BCUT2D eigenvalue weighted by Gasteiger charge is 2.55. The molecule has 3 atom stereocenters. The first-order chi connectivity index (χ1) is 18.2. The lowest BCUT2D eigenvalue weighted by Crippen LogP contribution is -2.28. The highest BCUT2D eigenvalue weighted by Crippen LogP contribution is 2.49. The standard InChI is InChI=1S/C28H29ClN4O4S/c1-19-7-17-25(18-8-19)38(36,37)31-30-26(20-9-13-22(29)14-10-20)28-27(32(28)23-5-3-2-4-6-23)21-11-15-24(16-12-21)33(34)35/h7-18,23,27-28,31H,2-6H2,1H3/b30-26-/t27-,28+,32?/m0/s1. The molecule has 2 fully saturated rings. The molecule has 1 aliphatic heterocycles. The third kappa shape index (κ3) is 5.60. The molecule has 2 aliphatic rings. The number of hydrogen-bond donors (Lipinski definition) is 1. The number of aryl methyl sites for hydroxylation is 1. The van der Waals surface area contributed by atoms with Crippen molar-refractivity contribution in [1.29, 1.82) is 0 Å². The summed E-state index contributed by atoms with van der Waals surface area (Å²) >= 11 is 6.15. The van der Waals surface area contributed by atoms with Gasteiger partial charge in [-0.3, -0.25) is 15.0 Å². The molecule has 198 valence electrons. The Labute approximate surface area is 227 Å². The fourth-order valence-electron chi connectivity index (χ4n) is 5.32. The average Bonchev–Trinajstić information content (AvgIpc) is 3.66. The largest absolute Gasteiger partial charge is 0.281 e. The Morgan fingerprint density at radius 3 is 2.21 bits per heavy atom. The Morgan fingerprint density at radius 2 is 1.61 bits per heavy atom. The van der Waals surface area contributed by atoms with E-state index in [0.717, 1.165) is 42.4 Å². The van der Waals surface area contributed by atoms with E-state index >= 15 is 0 Å². The quantitative estimate of drug-likeness (QED) is 0.160. The second-order valence-corrected chi connectivity index (χ2v) is 12.0. The Bertz CT molecular complexity index is 1440. The van der Waals surface area contributed by atoms with E-state index in [1.165, 1.54) is 18.6 Å². The molecule has 3 aromatic rings. The number of nitro groups is 1. The van der Waals surface area contributed by atoms with Crippen molar-refractivity contribution >= 4 is 33.0 Å². The highest BCUT2D eigenvalue weighted by molar-refractivity contribution is 7.89. The van der Waals surface area contributed by atoms with Crippen LogP contribution in [0.15, 0.2) is 82.8 Å². The van der Waals surface area contributed by atoms with Gasteiger partial charge in [-0.15, -0.1) is 0 Å². The number of nitro benzene ring substituents is 1. The van der Waals surface area contributed by atoms with E-state index in [-0.39, 0.29) is 22.7 Å². The summed E-state index contributed by atoms with van der Waals surface area (Å²) in [7, 11) is -3.89. The van der Waals surface area contributed by atoms with E-state index in [0.29, 0.717) is 16.8 Å². The molecule has 0 spiro atoms. The number of hydrogen-bond acceptors (Lipinski definition) is 6. The smallest absolute Gasteiger partial charge is 0.276 e. The van der Waals surface area contributed by atoms with Crippen LogP contribution in [0.1, 0.15) is 54.8 Å². The summed E-state index contributed by atoms with van der Waals surface area (Å²) in [5.41, 5.74) is 3.28. The molecule has 0 radical (unpaired) electrons. The molecular weight excluding hydrogens is 524 g/mol. The highest BCUT2D eigenvalue weighted by atomic mass is 35.5. The molecule has 10 heteroatoms. The van der Waals surface area contributed by atoms with Gasteiger partial charge in [0.15, 0.2) is 0 Å². The van der Waals surface area contributed by atoms with Gasteiger partial charge in [0.05, 0.1) is 27.6 Å². The van der Waals surface area contributed by atoms with E-state index in [9.17, 15) is 18.5 Å². The maximum absolute atomic E-state index is 13.1. The van der Waals surface area contributed by atoms with Gasteiger partial charge in [0.2, 0.25) is 0 Å². The lowest BCUT2D eigenvalue weighted by molar-refractivity contribution is -0.384. The van der Waals surface area contributed by atoms with Gasteiger partial charge >= 0.3 is 0 Å². The molecule has 1 unspecified atom stereocenters. The van der Waals surface area contributed by atoms with E-state index in [4.69, 9.17) is 11.6 Å². The first kappa shape index (κ1) is 26.3. The van der Waals surface area contributed by atoms with Crippen molar-refractivity contribution in [3.63, 3.8) is 0 Å². The topological polar surface area (TPSA) is 105 Å². The third-order valence-electron chi connectivity index (χ3n) is 7.33. The zero-order valence-electron chi connectivity index (χ0n) is 21.0. The summed E-state index contributed by atoms with van der Waals surface area (Å²) in [5.74, 6) is 0. The Balaban J connectivity index is 1.53. The second kappa shape index (κ2) is 10.8. The van der Waals surface area contributed by atoms with Gasteiger partial charge in [0.25, 0.3) is 15.7 Å². The normalized spacial score (nSPS) is 22.2. The van der Waals surface area contributed by atoms with Crippen molar-refractivity contribution in [3.8, 4) is 0 Å². The van der Waals surface area contributed by atoms with Gasteiger partial charge in [-0.1, -0.05) is 72.8 Å². The number of nitrogens with zero attached hydrogens (tertiary/aromatic N) is 3. The third-order valence-corrected chi connectivity index (χ3v) is 8.81. The lowest BCUT2D eigenvalue weighted by atomic mass is 9.95. The van der Waals surface area contributed by atoms with Crippen LogP contribution in [0.4, 0.5) is 5.69 Å². The van der Waals surface area contributed by atoms with Crippen LogP contribution in [0.5, 0.6) is 0 Å². The van der Waals surface area contributed by atoms with Crippen molar-refractivity contribution in [1.82, 2.24) is 9.73 Å². The predicted molar refractivity (Wildman–Crippen MR) is 148 cm³/mol. The molecule has 1 saturated heterocycles. The molecule has 5 rings (SSSR count). The zero-order chi connectivity index (χ0) is 26.9. The summed E-state index contributed by atoms with van der Waals surface area (Å²) in [4.78, 5) is 15.8. The van der Waals surface area contributed by atoms with E-state index in [1.807, 2.05) is 19.1 Å². The van der Waals surface area contributed by atoms with Gasteiger partial charge in [-0.25, -0.2) is 0 Å². The summed E-state index contributed by atoms with van der Waals surface area (Å²) in [6.45, 7) is 1.89. The summed E-state index contributed by atoms with van der Waals surface area (Å²) in [5, 5.41) is 16.3. The van der Waals surface area contributed by atoms with Crippen molar-refractivity contribution in [2.45, 2.75) is 62.0 Å². The van der Waals surface area contributed by atoms with E-state index < -0.39 is 14.9 Å². The number of rotatable bonds is 8. The first-order valence-corrected chi connectivity index (χ1v) is 14.5. The summed E-state index contributed by atoms with van der Waals surface area (Å²) < 4.78 is 26.2. The van der Waals surface area contributed by atoms with Gasteiger partial charge in [0.1, 0.15) is 0 Å². The van der Waals surface area contributed by atoms with Crippen LogP contribution < -0.4 is 4.83 Å². The molecule has 1 heterocycles. The monoisotopic (exact) mass is 552 g/mol. The lowest BCUT2D eigenvalue weighted by Gasteiger charge is -2.24. The Kier molecular flexibility index (Phi) is 7.52. The van der Waals surface area contributed by atoms with Crippen LogP contribution in [0.3, 0.4) is 0 Å². The minimum Gasteiger partial charge on any atom is -0.281 e. The number of nitrogens with one attached hydrogen (secondary N) is 1. The number of non-ortho nitro benzene ring substituents is 1. The minimum absolute atomic E-state index is 0.0348. The van der Waals surface area contributed by atoms with Crippen LogP contribution in [0.2, 0.25) is 5.02 Å². The minimum atomic E-state index is -3.89. The van der Waals surface area contributed by atoms with E-state index in [1.54, 1.807) is 48.5 Å². The van der Waals surface area contributed by atoms with Crippen molar-refractivity contribution in [2.24, 2.45) is 5.10 Å². The van der Waals surface area contributed by atoms with Gasteiger partial charge < -0.3 is 0 Å². The molecule has 0 aromatic heterocycles. The van der Waals surface area contributed by atoms with Crippen LogP contribution in [0, 0.1) is 17.0 Å². The van der Waals surface area contributed by atoms with Crippen LogP contribution >= 0.6 is 11.6 Å². The second-order valence-electron chi connectivity index (χ2n) is 9.89. The van der Waals surface area contributed by atoms with Crippen LogP contribution in [0.25, 0.3) is 0 Å². The Morgan fingerprint density at radius 1 is 0.974 bits per heavy atom. The van der Waals surface area contributed by atoms with Gasteiger partial charge in [-0.2, -0.15) is 18.4 Å². The van der Waals surface area contributed by atoms with Gasteiger partial charge in [0, 0.05) is 23.2 Å². The fourth-order valence-corrected chi connectivity index (χ4v) is 6.27. The van der Waals surface area contributed by atoms with Crippen LogP contribution in [-0.2, 0) is 10.0 Å². The number of sulfonamides is 1. The van der Waals surface area contributed by atoms with Crippen molar-refractivity contribution < 1.29 is 13.3 Å². The van der Waals surface area contributed by atoms with Crippen molar-refractivity contribution in [2.75, 3.05) is 0 Å². The fraction of sp³-hybridized carbons (Fsp3) is 0.321. The Hall–Kier alpha value is -3.27. The molecule has 0 amide bonds. The predicted octanol–water partition coefficient (Wildman–Crippen LogP) is 6.00. The molecule has 1 saturated carbocycles. The zero-order valence-corrected chi connectivity index (χ0v) is 22.5. The molecule has 1 N–H and O–H groups in total. The molecule has 3 aromatic carbocycles. The number of hydrazone groups is 1. The maximum atomic E-state index is 13.1. The summed E-state index contributed by atoms with van der Waals surface area (Å²) in [6, 6.07) is 20.5. The molecule has 0 bridgehead atoms. The first-order valence-electron chi connectivity index (χ1n) is 12.7. The number of halogens is 1. The molecule has 38 heavy (non-hydrogen) atoms. The summed E-state index contributed by atoms with van der Waals surface area (Å²) in [6.07, 6.45) is 5.56. The van der Waals surface area contributed by atoms with Crippen LogP contribution in [-0.4, -0.2) is 36.0 Å².